The molecule has 1 aliphatic heterocycles. The van der Waals surface area contributed by atoms with Gasteiger partial charge in [-0.05, 0) is 12.1 Å². The van der Waals surface area contributed by atoms with Crippen molar-refractivity contribution in [1.29, 1.82) is 0 Å². The zero-order valence-electron chi connectivity index (χ0n) is 13.9. The summed E-state index contributed by atoms with van der Waals surface area (Å²) in [4.78, 5) is 13.9. The maximum absolute atomic E-state index is 11.6. The minimum Gasteiger partial charge on any atom is -0.492 e. The molecular formula is C18H21N3O4. The van der Waals surface area contributed by atoms with Gasteiger partial charge in [0.05, 0.1) is 13.2 Å². The minimum atomic E-state index is -0.492. The fraction of sp³-hybridized carbons (Fsp3) is 0.333. The van der Waals surface area contributed by atoms with E-state index in [0.717, 1.165) is 55.6 Å². The van der Waals surface area contributed by atoms with Crippen LogP contribution in [0.5, 0.6) is 5.75 Å². The predicted octanol–water partition coefficient (Wildman–Crippen LogP) is 1.95. The van der Waals surface area contributed by atoms with Gasteiger partial charge in [0.2, 0.25) is 0 Å². The van der Waals surface area contributed by atoms with Gasteiger partial charge in [-0.3, -0.25) is 9.69 Å². The maximum Gasteiger partial charge on any atom is 0.270 e. The van der Waals surface area contributed by atoms with Crippen LogP contribution in [0.1, 0.15) is 0 Å². The minimum absolute atomic E-state index is 0.492. The van der Waals surface area contributed by atoms with Gasteiger partial charge in [0.25, 0.3) is 5.91 Å². The summed E-state index contributed by atoms with van der Waals surface area (Å²) >= 11 is 0. The Morgan fingerprint density at radius 1 is 1.24 bits per heavy atom. The number of morpholine rings is 1. The normalized spacial score (nSPS) is 15.5. The largest absolute Gasteiger partial charge is 0.492 e. The highest BCUT2D eigenvalue weighted by Gasteiger charge is 2.12. The molecule has 7 nitrogen and oxygen atoms in total. The molecule has 7 heteroatoms. The molecule has 0 radical (unpaired) electrons. The van der Waals surface area contributed by atoms with Gasteiger partial charge in [-0.25, -0.2) is 0 Å². The first-order valence-electron chi connectivity index (χ1n) is 8.21. The van der Waals surface area contributed by atoms with Gasteiger partial charge in [-0.15, -0.1) is 0 Å². The van der Waals surface area contributed by atoms with Crippen molar-refractivity contribution in [3.8, 4) is 5.75 Å². The van der Waals surface area contributed by atoms with Crippen molar-refractivity contribution in [3.63, 3.8) is 0 Å². The van der Waals surface area contributed by atoms with Crippen LogP contribution in [0, 0.1) is 0 Å². The molecule has 1 heterocycles. The zero-order chi connectivity index (χ0) is 17.5. The Bertz CT molecular complexity index is 757. The molecule has 2 N–H and O–H groups in total. The second kappa shape index (κ2) is 8.46. The summed E-state index contributed by atoms with van der Waals surface area (Å²) in [6.07, 6.45) is 0.821. The number of carbonyl (C=O) groups is 1. The number of fused-ring (bicyclic) bond motifs is 1. The summed E-state index contributed by atoms with van der Waals surface area (Å²) in [7, 11) is 0. The number of hydrogen-bond donors (Lipinski definition) is 2. The molecule has 0 unspecified atom stereocenters. The van der Waals surface area contributed by atoms with Crippen LogP contribution in [0.3, 0.4) is 0 Å². The fourth-order valence-electron chi connectivity index (χ4n) is 2.83. The van der Waals surface area contributed by atoms with E-state index in [1.807, 2.05) is 30.3 Å². The Hall–Kier alpha value is -2.64. The van der Waals surface area contributed by atoms with Crippen molar-refractivity contribution >= 4 is 28.6 Å². The highest BCUT2D eigenvalue weighted by atomic mass is 16.5. The molecule has 2 aromatic carbocycles. The molecule has 1 aliphatic rings. The summed E-state index contributed by atoms with van der Waals surface area (Å²) in [5.74, 6) is 0.284. The SMILES string of the molecule is O=C(C=NO)Nc1ccc(OCCN2CCOCC2)c2ccccc12. The Morgan fingerprint density at radius 3 is 2.76 bits per heavy atom. The summed E-state index contributed by atoms with van der Waals surface area (Å²) in [5.41, 5.74) is 0.640. The lowest BCUT2D eigenvalue weighted by Crippen LogP contribution is -2.38. The van der Waals surface area contributed by atoms with E-state index in [4.69, 9.17) is 14.7 Å². The lowest BCUT2D eigenvalue weighted by molar-refractivity contribution is -0.110. The molecule has 1 fully saturated rings. The molecule has 1 amide bonds. The first-order chi connectivity index (χ1) is 12.3. The first-order valence-corrected chi connectivity index (χ1v) is 8.21. The van der Waals surface area contributed by atoms with Crippen molar-refractivity contribution in [2.24, 2.45) is 5.16 Å². The van der Waals surface area contributed by atoms with Crippen LogP contribution in [0.15, 0.2) is 41.6 Å². The van der Waals surface area contributed by atoms with Crippen molar-refractivity contribution in [1.82, 2.24) is 4.90 Å². The molecule has 2 aromatic rings. The topological polar surface area (TPSA) is 83.4 Å². The van der Waals surface area contributed by atoms with E-state index in [0.29, 0.717) is 12.3 Å². The van der Waals surface area contributed by atoms with Crippen LogP contribution in [0.2, 0.25) is 0 Å². The van der Waals surface area contributed by atoms with E-state index in [-0.39, 0.29) is 0 Å². The third-order valence-electron chi connectivity index (χ3n) is 4.09. The monoisotopic (exact) mass is 343 g/mol. The van der Waals surface area contributed by atoms with Gasteiger partial charge in [-0.2, -0.15) is 0 Å². The third-order valence-corrected chi connectivity index (χ3v) is 4.09. The number of anilines is 1. The predicted molar refractivity (Wildman–Crippen MR) is 95.6 cm³/mol. The molecule has 0 saturated carbocycles. The average Bonchev–Trinajstić information content (AvgIpc) is 2.64. The van der Waals surface area contributed by atoms with E-state index in [9.17, 15) is 4.79 Å². The highest BCUT2D eigenvalue weighted by molar-refractivity contribution is 6.32. The quantitative estimate of drug-likeness (QED) is 0.476. The molecule has 0 aromatic heterocycles. The summed E-state index contributed by atoms with van der Waals surface area (Å²) in [5, 5.41) is 15.7. The standard InChI is InChI=1S/C18H21N3O4/c22-18(13-19-23)20-16-5-6-17(15-4-2-1-3-14(15)16)25-12-9-21-7-10-24-11-8-21/h1-6,13,23H,7-12H2,(H,20,22). The first kappa shape index (κ1) is 17.2. The number of benzene rings is 2. The third kappa shape index (κ3) is 4.46. The van der Waals surface area contributed by atoms with Crippen molar-refractivity contribution < 1.29 is 19.5 Å². The van der Waals surface area contributed by atoms with Crippen LogP contribution in [0.4, 0.5) is 5.69 Å². The number of nitrogens with one attached hydrogen (secondary N) is 1. The van der Waals surface area contributed by atoms with Crippen molar-refractivity contribution in [3.05, 3.63) is 36.4 Å². The van der Waals surface area contributed by atoms with Crippen LogP contribution < -0.4 is 10.1 Å². The molecule has 132 valence electrons. The van der Waals surface area contributed by atoms with Crippen molar-refractivity contribution in [2.75, 3.05) is 44.8 Å². The number of ether oxygens (including phenoxy) is 2. The summed E-state index contributed by atoms with van der Waals surface area (Å²) < 4.78 is 11.3. The summed E-state index contributed by atoms with van der Waals surface area (Å²) in [6.45, 7) is 4.85. The zero-order valence-corrected chi connectivity index (χ0v) is 13.9. The lowest BCUT2D eigenvalue weighted by atomic mass is 10.1. The maximum atomic E-state index is 11.6. The second-order valence-corrected chi connectivity index (χ2v) is 5.69. The molecule has 0 bridgehead atoms. The van der Waals surface area contributed by atoms with Crippen molar-refractivity contribution in [2.45, 2.75) is 0 Å². The van der Waals surface area contributed by atoms with Crippen LogP contribution in [0.25, 0.3) is 10.8 Å². The van der Waals surface area contributed by atoms with Gasteiger partial charge >= 0.3 is 0 Å². The van der Waals surface area contributed by atoms with E-state index >= 15 is 0 Å². The van der Waals surface area contributed by atoms with Gasteiger partial charge in [0.1, 0.15) is 18.6 Å². The highest BCUT2D eigenvalue weighted by Crippen LogP contribution is 2.31. The Kier molecular flexibility index (Phi) is 5.81. The Morgan fingerprint density at radius 2 is 2.00 bits per heavy atom. The van der Waals surface area contributed by atoms with E-state index in [1.165, 1.54) is 0 Å². The molecule has 0 atom stereocenters. The second-order valence-electron chi connectivity index (χ2n) is 5.69. The number of carbonyl (C=O) groups excluding carboxylic acids is 1. The molecule has 3 rings (SSSR count). The Labute approximate surface area is 145 Å². The van der Waals surface area contributed by atoms with Gasteiger partial charge in [0.15, 0.2) is 0 Å². The van der Waals surface area contributed by atoms with Gasteiger partial charge < -0.3 is 20.0 Å². The smallest absolute Gasteiger partial charge is 0.270 e. The van der Waals surface area contributed by atoms with E-state index in [1.54, 1.807) is 6.07 Å². The van der Waals surface area contributed by atoms with E-state index < -0.39 is 5.91 Å². The number of nitrogens with zero attached hydrogens (tertiary/aromatic N) is 2. The molecule has 0 spiro atoms. The lowest BCUT2D eigenvalue weighted by Gasteiger charge is -2.26. The molecule has 0 aliphatic carbocycles. The van der Waals surface area contributed by atoms with Crippen LogP contribution >= 0.6 is 0 Å². The van der Waals surface area contributed by atoms with Gasteiger partial charge in [-0.1, -0.05) is 29.4 Å². The number of oxime groups is 1. The fourth-order valence-corrected chi connectivity index (χ4v) is 2.83. The number of rotatable bonds is 6. The molecule has 1 saturated heterocycles. The molecular weight excluding hydrogens is 322 g/mol. The number of hydrogen-bond acceptors (Lipinski definition) is 6. The van der Waals surface area contributed by atoms with Crippen LogP contribution in [-0.2, 0) is 9.53 Å². The summed E-state index contributed by atoms with van der Waals surface area (Å²) in [6, 6.07) is 11.3. The Balaban J connectivity index is 1.72. The van der Waals surface area contributed by atoms with Crippen LogP contribution in [-0.4, -0.2) is 61.7 Å². The van der Waals surface area contributed by atoms with E-state index in [2.05, 4.69) is 15.4 Å². The number of amides is 1. The average molecular weight is 343 g/mol. The molecule has 25 heavy (non-hydrogen) atoms. The van der Waals surface area contributed by atoms with Gasteiger partial charge in [0, 0.05) is 36.1 Å².